The van der Waals surface area contributed by atoms with Crippen molar-refractivity contribution in [3.63, 3.8) is 0 Å². The van der Waals surface area contributed by atoms with Gasteiger partial charge in [0.05, 0.1) is 12.2 Å². The van der Waals surface area contributed by atoms with Crippen LogP contribution >= 0.6 is 0 Å². The molecule has 0 amide bonds. The van der Waals surface area contributed by atoms with E-state index >= 15 is 0 Å². The molecule has 0 fully saturated rings. The van der Waals surface area contributed by atoms with Crippen molar-refractivity contribution < 1.29 is 9.53 Å². The molecule has 0 aliphatic heterocycles. The van der Waals surface area contributed by atoms with Crippen molar-refractivity contribution in [2.45, 2.75) is 26.2 Å². The van der Waals surface area contributed by atoms with Gasteiger partial charge in [0.2, 0.25) is 0 Å². The minimum absolute atomic E-state index is 0.598. The van der Waals surface area contributed by atoms with Crippen molar-refractivity contribution in [3.05, 3.63) is 59.4 Å². The number of nitrogens with zero attached hydrogens (tertiary/aromatic N) is 1. The van der Waals surface area contributed by atoms with Crippen molar-refractivity contribution in [1.82, 2.24) is 4.98 Å². The van der Waals surface area contributed by atoms with Gasteiger partial charge >= 0.3 is 0 Å². The molecule has 0 aliphatic rings. The van der Waals surface area contributed by atoms with Gasteiger partial charge in [-0.3, -0.25) is 9.78 Å². The average molecular weight is 269 g/mol. The number of aromatic nitrogens is 1. The first-order chi connectivity index (χ1) is 9.83. The fraction of sp³-hybridized carbons (Fsp3) is 0.294. The molecule has 1 heterocycles. The van der Waals surface area contributed by atoms with Gasteiger partial charge in [0.25, 0.3) is 0 Å². The van der Waals surface area contributed by atoms with Crippen LogP contribution in [-0.4, -0.2) is 17.9 Å². The molecule has 0 N–H and O–H groups in total. The van der Waals surface area contributed by atoms with Crippen LogP contribution < -0.4 is 4.74 Å². The lowest BCUT2D eigenvalue weighted by atomic mass is 10.1. The molecule has 0 unspecified atom stereocenters. The molecule has 104 valence electrons. The first kappa shape index (κ1) is 14.3. The highest BCUT2D eigenvalue weighted by Gasteiger charge is 2.04. The minimum atomic E-state index is 0.598. The number of ether oxygens (including phenoxy) is 1. The Morgan fingerprint density at radius 3 is 2.85 bits per heavy atom. The lowest BCUT2D eigenvalue weighted by Crippen LogP contribution is -2.02. The van der Waals surface area contributed by atoms with Crippen LogP contribution in [0.2, 0.25) is 0 Å². The number of carbonyl (C=O) groups excluding carboxylic acids is 1. The summed E-state index contributed by atoms with van der Waals surface area (Å²) in [5.74, 6) is 0.670. The molecule has 0 atom stereocenters. The van der Waals surface area contributed by atoms with Crippen LogP contribution in [0.5, 0.6) is 5.75 Å². The number of rotatable bonds is 7. The Kier molecular flexibility index (Phi) is 5.30. The fourth-order valence-electron chi connectivity index (χ4n) is 2.05. The number of hydrogen-bond donors (Lipinski definition) is 0. The maximum Gasteiger partial charge on any atom is 0.153 e. The number of hydrogen-bond acceptors (Lipinski definition) is 3. The lowest BCUT2D eigenvalue weighted by Gasteiger charge is -2.09. The van der Waals surface area contributed by atoms with E-state index in [1.165, 1.54) is 5.56 Å². The van der Waals surface area contributed by atoms with Gasteiger partial charge in [-0.15, -0.1) is 0 Å². The Labute approximate surface area is 119 Å². The quantitative estimate of drug-likeness (QED) is 0.570. The summed E-state index contributed by atoms with van der Waals surface area (Å²) < 4.78 is 5.70. The largest absolute Gasteiger partial charge is 0.493 e. The second-order valence-electron chi connectivity index (χ2n) is 4.66. The van der Waals surface area contributed by atoms with Crippen molar-refractivity contribution in [1.29, 1.82) is 0 Å². The molecule has 0 aliphatic carbocycles. The topological polar surface area (TPSA) is 39.2 Å². The van der Waals surface area contributed by atoms with E-state index in [-0.39, 0.29) is 0 Å². The smallest absolute Gasteiger partial charge is 0.153 e. The molecule has 2 aromatic rings. The van der Waals surface area contributed by atoms with Crippen molar-refractivity contribution in [2.24, 2.45) is 0 Å². The first-order valence-corrected chi connectivity index (χ1v) is 6.93. The second kappa shape index (κ2) is 7.43. The van der Waals surface area contributed by atoms with Gasteiger partial charge in [-0.05, 0) is 48.6 Å². The zero-order chi connectivity index (χ0) is 14.2. The third kappa shape index (κ3) is 3.92. The third-order valence-corrected chi connectivity index (χ3v) is 3.20. The van der Waals surface area contributed by atoms with Gasteiger partial charge in [0, 0.05) is 12.4 Å². The normalized spacial score (nSPS) is 10.2. The third-order valence-electron chi connectivity index (χ3n) is 3.20. The molecule has 0 radical (unpaired) electrons. The Morgan fingerprint density at radius 2 is 2.15 bits per heavy atom. The molecule has 3 nitrogen and oxygen atoms in total. The highest BCUT2D eigenvalue weighted by molar-refractivity contribution is 5.79. The summed E-state index contributed by atoms with van der Waals surface area (Å²) >= 11 is 0. The Balaban J connectivity index is 1.86. The van der Waals surface area contributed by atoms with Crippen LogP contribution in [0.25, 0.3) is 0 Å². The maximum absolute atomic E-state index is 11.1. The van der Waals surface area contributed by atoms with Gasteiger partial charge in [0.15, 0.2) is 6.29 Å². The molecule has 1 aromatic carbocycles. The number of carbonyl (C=O) groups is 1. The molecular formula is C17H19NO2. The summed E-state index contributed by atoms with van der Waals surface area (Å²) in [5, 5.41) is 0. The molecule has 0 saturated heterocycles. The minimum Gasteiger partial charge on any atom is -0.493 e. The van der Waals surface area contributed by atoms with Crippen LogP contribution in [0.15, 0.2) is 42.7 Å². The second-order valence-corrected chi connectivity index (χ2v) is 4.66. The summed E-state index contributed by atoms with van der Waals surface area (Å²) in [6, 6.07) is 9.77. The fourth-order valence-corrected chi connectivity index (χ4v) is 2.05. The molecular weight excluding hydrogens is 250 g/mol. The van der Waals surface area contributed by atoms with Crippen LogP contribution in [0.3, 0.4) is 0 Å². The van der Waals surface area contributed by atoms with E-state index in [9.17, 15) is 4.79 Å². The Morgan fingerprint density at radius 1 is 1.25 bits per heavy atom. The molecule has 3 heteroatoms. The number of pyridine rings is 1. The van der Waals surface area contributed by atoms with Gasteiger partial charge in [-0.2, -0.15) is 0 Å². The van der Waals surface area contributed by atoms with Crippen LogP contribution in [0.1, 0.15) is 34.8 Å². The summed E-state index contributed by atoms with van der Waals surface area (Å²) in [6.45, 7) is 2.67. The van der Waals surface area contributed by atoms with E-state index in [4.69, 9.17) is 4.74 Å². The van der Waals surface area contributed by atoms with E-state index in [2.05, 4.69) is 18.0 Å². The number of aldehydes is 1. The van der Waals surface area contributed by atoms with Crippen LogP contribution in [0.4, 0.5) is 0 Å². The van der Waals surface area contributed by atoms with E-state index in [0.717, 1.165) is 31.1 Å². The summed E-state index contributed by atoms with van der Waals surface area (Å²) in [4.78, 5) is 15.1. The van der Waals surface area contributed by atoms with Crippen LogP contribution in [0, 0.1) is 0 Å². The summed E-state index contributed by atoms with van der Waals surface area (Å²) in [7, 11) is 0. The standard InChI is InChI=1S/C17H19NO2/c1-2-14-7-8-17(16(11-14)13-19)20-10-4-6-15-5-3-9-18-12-15/h3,5,7-9,11-13H,2,4,6,10H2,1H3. The molecule has 0 saturated carbocycles. The van der Waals surface area contributed by atoms with Gasteiger partial charge in [0.1, 0.15) is 5.75 Å². The predicted octanol–water partition coefficient (Wildman–Crippen LogP) is 3.47. The highest BCUT2D eigenvalue weighted by Crippen LogP contribution is 2.19. The van der Waals surface area contributed by atoms with E-state index in [0.29, 0.717) is 17.9 Å². The maximum atomic E-state index is 11.1. The summed E-state index contributed by atoms with van der Waals surface area (Å²) in [6.07, 6.45) is 7.24. The Bertz CT molecular complexity index is 552. The first-order valence-electron chi connectivity index (χ1n) is 6.93. The van der Waals surface area contributed by atoms with Crippen molar-refractivity contribution >= 4 is 6.29 Å². The average Bonchev–Trinajstić information content (AvgIpc) is 2.52. The zero-order valence-electron chi connectivity index (χ0n) is 11.7. The molecule has 20 heavy (non-hydrogen) atoms. The van der Waals surface area contributed by atoms with Crippen molar-refractivity contribution in [2.75, 3.05) is 6.61 Å². The highest BCUT2D eigenvalue weighted by atomic mass is 16.5. The van der Waals surface area contributed by atoms with E-state index in [1.54, 1.807) is 6.20 Å². The zero-order valence-corrected chi connectivity index (χ0v) is 11.7. The van der Waals surface area contributed by atoms with Gasteiger partial charge < -0.3 is 4.74 Å². The SMILES string of the molecule is CCc1ccc(OCCCc2cccnc2)c(C=O)c1. The predicted molar refractivity (Wildman–Crippen MR) is 79.3 cm³/mol. The monoisotopic (exact) mass is 269 g/mol. The van der Waals surface area contributed by atoms with Crippen LogP contribution in [-0.2, 0) is 12.8 Å². The van der Waals surface area contributed by atoms with E-state index in [1.807, 2.05) is 30.5 Å². The molecule has 1 aromatic heterocycles. The molecule has 0 bridgehead atoms. The summed E-state index contributed by atoms with van der Waals surface area (Å²) in [5.41, 5.74) is 2.98. The lowest BCUT2D eigenvalue weighted by molar-refractivity contribution is 0.111. The number of benzene rings is 1. The van der Waals surface area contributed by atoms with E-state index < -0.39 is 0 Å². The Hall–Kier alpha value is -2.16. The van der Waals surface area contributed by atoms with Crippen molar-refractivity contribution in [3.8, 4) is 5.75 Å². The van der Waals surface area contributed by atoms with Gasteiger partial charge in [-0.25, -0.2) is 0 Å². The van der Waals surface area contributed by atoms with Gasteiger partial charge in [-0.1, -0.05) is 19.1 Å². The number of aryl methyl sites for hydroxylation is 2. The molecule has 2 rings (SSSR count). The molecule has 0 spiro atoms.